The van der Waals surface area contributed by atoms with Crippen molar-refractivity contribution in [1.82, 2.24) is 10.2 Å². The van der Waals surface area contributed by atoms with Gasteiger partial charge in [-0.3, -0.25) is 9.80 Å². The lowest BCUT2D eigenvalue weighted by Gasteiger charge is -2.18. The highest BCUT2D eigenvalue weighted by atomic mass is 35.5. The predicted molar refractivity (Wildman–Crippen MR) is 64.8 cm³/mol. The third kappa shape index (κ3) is 2.13. The van der Waals surface area contributed by atoms with E-state index in [1.54, 1.807) is 17.0 Å². The second-order valence-corrected chi connectivity index (χ2v) is 4.45. The number of anilines is 1. The van der Waals surface area contributed by atoms with E-state index in [0.29, 0.717) is 11.6 Å². The smallest absolute Gasteiger partial charge is 0.320 e. The molecule has 0 bridgehead atoms. The fourth-order valence-corrected chi connectivity index (χ4v) is 1.78. The van der Waals surface area contributed by atoms with Crippen LogP contribution < -0.4 is 10.2 Å². The van der Waals surface area contributed by atoms with Gasteiger partial charge in [0.25, 0.3) is 0 Å². The van der Waals surface area contributed by atoms with Crippen molar-refractivity contribution in [3.63, 3.8) is 0 Å². The Hall–Kier alpha value is -1.26. The van der Waals surface area contributed by atoms with E-state index in [0.717, 1.165) is 5.69 Å². The maximum atomic E-state index is 11.7. The normalized spacial score (nSPS) is 20.4. The topological polar surface area (TPSA) is 35.6 Å². The minimum atomic E-state index is -0.0685. The third-order valence-electron chi connectivity index (χ3n) is 2.65. The number of carbonyl (C=O) groups excluding carboxylic acids is 1. The number of urea groups is 1. The lowest BCUT2D eigenvalue weighted by molar-refractivity contribution is 0.240. The van der Waals surface area contributed by atoms with Crippen LogP contribution in [0, 0.1) is 0 Å². The Balaban J connectivity index is 2.16. The van der Waals surface area contributed by atoms with Crippen molar-refractivity contribution in [1.29, 1.82) is 0 Å². The van der Waals surface area contributed by atoms with Gasteiger partial charge in [0.15, 0.2) is 0 Å². The number of halogens is 1. The molecule has 4 nitrogen and oxygen atoms in total. The van der Waals surface area contributed by atoms with E-state index >= 15 is 0 Å². The van der Waals surface area contributed by atoms with Gasteiger partial charge in [0.05, 0.1) is 6.54 Å². The maximum Gasteiger partial charge on any atom is 0.323 e. The van der Waals surface area contributed by atoms with Crippen molar-refractivity contribution < 1.29 is 4.79 Å². The molecule has 2 amide bonds. The zero-order valence-electron chi connectivity index (χ0n) is 9.27. The number of rotatable bonds is 2. The summed E-state index contributed by atoms with van der Waals surface area (Å²) in [6.07, 6.45) is 0.0585. The molecule has 1 atom stereocenters. The van der Waals surface area contributed by atoms with Crippen molar-refractivity contribution >= 4 is 23.3 Å². The fraction of sp³-hybridized carbons (Fsp3) is 0.364. The highest BCUT2D eigenvalue weighted by Gasteiger charge is 2.30. The first-order valence-corrected chi connectivity index (χ1v) is 5.46. The number of hydrogen-bond acceptors (Lipinski definition) is 2. The van der Waals surface area contributed by atoms with Crippen LogP contribution >= 0.6 is 11.6 Å². The van der Waals surface area contributed by atoms with Crippen LogP contribution in [0.3, 0.4) is 0 Å². The monoisotopic (exact) mass is 239 g/mol. The fourth-order valence-electron chi connectivity index (χ4n) is 1.66. The van der Waals surface area contributed by atoms with Gasteiger partial charge in [-0.15, -0.1) is 0 Å². The molecular formula is C11H14ClN3O. The lowest BCUT2D eigenvalue weighted by Crippen LogP contribution is -2.39. The third-order valence-corrected chi connectivity index (χ3v) is 2.90. The summed E-state index contributed by atoms with van der Waals surface area (Å²) in [5, 5.41) is 3.57. The van der Waals surface area contributed by atoms with Crippen LogP contribution in [0.1, 0.15) is 0 Å². The Morgan fingerprint density at radius 2 is 2.00 bits per heavy atom. The minimum Gasteiger partial charge on any atom is -0.320 e. The van der Waals surface area contributed by atoms with E-state index in [1.165, 1.54) is 0 Å². The molecular weight excluding hydrogens is 226 g/mol. The van der Waals surface area contributed by atoms with Gasteiger partial charge in [-0.2, -0.15) is 0 Å². The van der Waals surface area contributed by atoms with E-state index in [4.69, 9.17) is 11.6 Å². The molecule has 1 aromatic carbocycles. The molecule has 86 valence electrons. The van der Waals surface area contributed by atoms with Crippen LogP contribution in [0.5, 0.6) is 0 Å². The van der Waals surface area contributed by atoms with Crippen LogP contribution in [-0.4, -0.2) is 37.7 Å². The first-order chi connectivity index (χ1) is 7.58. The molecule has 2 rings (SSSR count). The summed E-state index contributed by atoms with van der Waals surface area (Å²) in [4.78, 5) is 15.4. The number of nitrogens with zero attached hydrogens (tertiary/aromatic N) is 2. The van der Waals surface area contributed by atoms with E-state index in [9.17, 15) is 4.79 Å². The van der Waals surface area contributed by atoms with Gasteiger partial charge in [0.2, 0.25) is 0 Å². The number of amides is 2. The van der Waals surface area contributed by atoms with Crippen LogP contribution in [0.4, 0.5) is 10.5 Å². The van der Waals surface area contributed by atoms with Gasteiger partial charge in [0, 0.05) is 10.7 Å². The van der Waals surface area contributed by atoms with Gasteiger partial charge < -0.3 is 5.32 Å². The molecule has 0 radical (unpaired) electrons. The molecule has 1 unspecified atom stereocenters. The van der Waals surface area contributed by atoms with E-state index in [1.807, 2.05) is 31.1 Å². The number of carbonyl (C=O) groups is 1. The van der Waals surface area contributed by atoms with E-state index < -0.39 is 0 Å². The summed E-state index contributed by atoms with van der Waals surface area (Å²) < 4.78 is 0. The highest BCUT2D eigenvalue weighted by Crippen LogP contribution is 2.21. The van der Waals surface area contributed by atoms with Gasteiger partial charge in [-0.25, -0.2) is 4.79 Å². The summed E-state index contributed by atoms with van der Waals surface area (Å²) in [5.41, 5.74) is 0.867. The molecule has 0 aliphatic carbocycles. The molecule has 1 aromatic rings. The molecule has 1 fully saturated rings. The van der Waals surface area contributed by atoms with Gasteiger partial charge in [-0.1, -0.05) is 11.6 Å². The van der Waals surface area contributed by atoms with Gasteiger partial charge in [0.1, 0.15) is 6.17 Å². The number of hydrogen-bond donors (Lipinski definition) is 1. The summed E-state index contributed by atoms with van der Waals surface area (Å²) in [6, 6.07) is 7.20. The average Bonchev–Trinajstić information content (AvgIpc) is 2.62. The van der Waals surface area contributed by atoms with Crippen LogP contribution in [0.2, 0.25) is 5.02 Å². The maximum absolute atomic E-state index is 11.7. The van der Waals surface area contributed by atoms with E-state index in [-0.39, 0.29) is 12.2 Å². The van der Waals surface area contributed by atoms with Crippen LogP contribution in [0.15, 0.2) is 24.3 Å². The van der Waals surface area contributed by atoms with Crippen molar-refractivity contribution in [2.24, 2.45) is 0 Å². The summed E-state index contributed by atoms with van der Waals surface area (Å²) in [6.45, 7) is 0.646. The molecule has 1 saturated heterocycles. The molecule has 5 heteroatoms. The van der Waals surface area contributed by atoms with Crippen molar-refractivity contribution in [2.75, 3.05) is 25.5 Å². The quantitative estimate of drug-likeness (QED) is 0.854. The van der Waals surface area contributed by atoms with Crippen LogP contribution in [0.25, 0.3) is 0 Å². The van der Waals surface area contributed by atoms with Gasteiger partial charge in [-0.05, 0) is 38.4 Å². The summed E-state index contributed by atoms with van der Waals surface area (Å²) >= 11 is 5.81. The number of nitrogens with one attached hydrogen (secondary N) is 1. The zero-order valence-corrected chi connectivity index (χ0v) is 10.0. The molecule has 1 heterocycles. The molecule has 1 aliphatic rings. The summed E-state index contributed by atoms with van der Waals surface area (Å²) in [5.74, 6) is 0. The Kier molecular flexibility index (Phi) is 3.03. The van der Waals surface area contributed by atoms with Crippen molar-refractivity contribution in [2.45, 2.75) is 6.17 Å². The lowest BCUT2D eigenvalue weighted by atomic mass is 10.3. The second-order valence-electron chi connectivity index (χ2n) is 4.02. The molecule has 1 N–H and O–H groups in total. The Labute approximate surface area is 99.8 Å². The molecule has 16 heavy (non-hydrogen) atoms. The Morgan fingerprint density at radius 3 is 2.50 bits per heavy atom. The second kappa shape index (κ2) is 4.31. The molecule has 1 aliphatic heterocycles. The van der Waals surface area contributed by atoms with Crippen molar-refractivity contribution in [3.05, 3.63) is 29.3 Å². The molecule has 0 aromatic heterocycles. The Bertz CT molecular complexity index is 391. The first kappa shape index (κ1) is 11.2. The van der Waals surface area contributed by atoms with Gasteiger partial charge >= 0.3 is 6.03 Å². The Morgan fingerprint density at radius 1 is 1.38 bits per heavy atom. The predicted octanol–water partition coefficient (Wildman–Crippen LogP) is 1.76. The first-order valence-electron chi connectivity index (χ1n) is 5.08. The SMILES string of the molecule is CN(C)C1CN(c2ccc(Cl)cc2)C(=O)N1. The van der Waals surface area contributed by atoms with Crippen molar-refractivity contribution in [3.8, 4) is 0 Å². The number of likely N-dealkylation sites (N-methyl/N-ethyl adjacent to an activating group) is 1. The van der Waals surface area contributed by atoms with E-state index in [2.05, 4.69) is 5.32 Å². The zero-order chi connectivity index (χ0) is 11.7. The summed E-state index contributed by atoms with van der Waals surface area (Å²) in [7, 11) is 3.88. The molecule has 0 spiro atoms. The highest BCUT2D eigenvalue weighted by molar-refractivity contribution is 6.30. The average molecular weight is 240 g/mol. The largest absolute Gasteiger partial charge is 0.323 e. The number of benzene rings is 1. The molecule has 0 saturated carbocycles. The minimum absolute atomic E-state index is 0.0585. The standard InChI is InChI=1S/C11H14ClN3O/c1-14(2)10-7-15(11(16)13-10)9-5-3-8(12)4-6-9/h3-6,10H,7H2,1-2H3,(H,13,16). The van der Waals surface area contributed by atoms with Crippen LogP contribution in [-0.2, 0) is 0 Å².